The summed E-state index contributed by atoms with van der Waals surface area (Å²) in [5.41, 5.74) is 0. The highest BCUT2D eigenvalue weighted by molar-refractivity contribution is 8.00. The topological polar surface area (TPSA) is 61.4 Å². The highest BCUT2D eigenvalue weighted by Crippen LogP contribution is 2.46. The van der Waals surface area contributed by atoms with E-state index >= 15 is 0 Å². The molecule has 1 aliphatic carbocycles. The molecule has 5 nitrogen and oxygen atoms in total. The van der Waals surface area contributed by atoms with E-state index in [0.29, 0.717) is 13.1 Å². The van der Waals surface area contributed by atoms with Crippen molar-refractivity contribution in [3.05, 3.63) is 0 Å². The maximum atomic E-state index is 12.5. The van der Waals surface area contributed by atoms with Crippen LogP contribution in [0.2, 0.25) is 0 Å². The van der Waals surface area contributed by atoms with Gasteiger partial charge in [-0.25, -0.2) is 4.72 Å². The lowest BCUT2D eigenvalue weighted by molar-refractivity contribution is 0.244. The van der Waals surface area contributed by atoms with Crippen molar-refractivity contribution in [2.75, 3.05) is 32.4 Å². The molecular formula is C13H27N3O2S2. The zero-order valence-electron chi connectivity index (χ0n) is 12.5. The highest BCUT2D eigenvalue weighted by Gasteiger charge is 2.43. The summed E-state index contributed by atoms with van der Waals surface area (Å²) in [6, 6.07) is 0.102. The Balaban J connectivity index is 1.94. The van der Waals surface area contributed by atoms with Crippen molar-refractivity contribution in [1.82, 2.24) is 14.3 Å². The van der Waals surface area contributed by atoms with E-state index in [9.17, 15) is 8.42 Å². The first kappa shape index (κ1) is 16.5. The molecule has 2 rings (SSSR count). The number of hydrogen-bond acceptors (Lipinski definition) is 4. The SMILES string of the molecule is CCNCC1CCCCN1S(=O)(=O)NCC1(SC)CC1. The Morgan fingerprint density at radius 2 is 2.10 bits per heavy atom. The Labute approximate surface area is 127 Å². The van der Waals surface area contributed by atoms with Crippen molar-refractivity contribution in [1.29, 1.82) is 0 Å². The number of likely N-dealkylation sites (N-methyl/N-ethyl adjacent to an activating group) is 1. The van der Waals surface area contributed by atoms with Crippen molar-refractivity contribution < 1.29 is 8.42 Å². The van der Waals surface area contributed by atoms with Gasteiger partial charge in [0.1, 0.15) is 0 Å². The van der Waals surface area contributed by atoms with Crippen molar-refractivity contribution in [2.45, 2.75) is 49.8 Å². The monoisotopic (exact) mass is 321 g/mol. The molecule has 0 bridgehead atoms. The molecule has 0 aromatic heterocycles. The number of nitrogens with one attached hydrogen (secondary N) is 2. The normalized spacial score (nSPS) is 26.6. The Morgan fingerprint density at radius 3 is 2.70 bits per heavy atom. The molecule has 0 spiro atoms. The predicted molar refractivity (Wildman–Crippen MR) is 85.3 cm³/mol. The van der Waals surface area contributed by atoms with E-state index < -0.39 is 10.2 Å². The fraction of sp³-hybridized carbons (Fsp3) is 1.00. The molecule has 2 N–H and O–H groups in total. The lowest BCUT2D eigenvalue weighted by atomic mass is 10.1. The van der Waals surface area contributed by atoms with Crippen LogP contribution >= 0.6 is 11.8 Å². The lowest BCUT2D eigenvalue weighted by Crippen LogP contribution is -2.53. The number of hydrogen-bond donors (Lipinski definition) is 2. The average Bonchev–Trinajstić information content (AvgIpc) is 3.24. The van der Waals surface area contributed by atoms with Crippen LogP contribution in [0.25, 0.3) is 0 Å². The van der Waals surface area contributed by atoms with Gasteiger partial charge >= 0.3 is 0 Å². The number of thioether (sulfide) groups is 1. The van der Waals surface area contributed by atoms with Crippen molar-refractivity contribution >= 4 is 22.0 Å². The Hall–Kier alpha value is 0.180. The summed E-state index contributed by atoms with van der Waals surface area (Å²) in [6.45, 7) is 4.91. The van der Waals surface area contributed by atoms with E-state index in [0.717, 1.165) is 45.2 Å². The molecule has 1 saturated heterocycles. The number of rotatable bonds is 8. The molecule has 0 amide bonds. The van der Waals surface area contributed by atoms with Crippen LogP contribution in [0.1, 0.15) is 39.0 Å². The van der Waals surface area contributed by atoms with Crippen LogP contribution in [0.5, 0.6) is 0 Å². The van der Waals surface area contributed by atoms with Gasteiger partial charge in [0.15, 0.2) is 0 Å². The molecule has 1 aliphatic heterocycles. The third-order valence-electron chi connectivity index (χ3n) is 4.33. The van der Waals surface area contributed by atoms with Gasteiger partial charge in [-0.05, 0) is 38.5 Å². The van der Waals surface area contributed by atoms with Crippen molar-refractivity contribution in [3.8, 4) is 0 Å². The molecule has 1 heterocycles. The van der Waals surface area contributed by atoms with Crippen LogP contribution in [0, 0.1) is 0 Å². The predicted octanol–water partition coefficient (Wildman–Crippen LogP) is 1.18. The van der Waals surface area contributed by atoms with Crippen LogP contribution in [0.4, 0.5) is 0 Å². The van der Waals surface area contributed by atoms with Gasteiger partial charge in [0.25, 0.3) is 10.2 Å². The molecule has 1 saturated carbocycles. The summed E-state index contributed by atoms with van der Waals surface area (Å²) in [5, 5.41) is 3.28. The first-order valence-electron chi connectivity index (χ1n) is 7.55. The standard InChI is InChI=1S/C13H27N3O2S2/c1-3-14-10-12-6-4-5-9-16(12)20(17,18)15-11-13(19-2)7-8-13/h12,14-15H,3-11H2,1-2H3. The first-order chi connectivity index (χ1) is 9.53. The molecule has 7 heteroatoms. The minimum Gasteiger partial charge on any atom is -0.315 e. The van der Waals surface area contributed by atoms with Crippen molar-refractivity contribution in [2.24, 2.45) is 0 Å². The van der Waals surface area contributed by atoms with Gasteiger partial charge < -0.3 is 5.32 Å². The van der Waals surface area contributed by atoms with Crippen LogP contribution in [0.15, 0.2) is 0 Å². The lowest BCUT2D eigenvalue weighted by Gasteiger charge is -2.35. The maximum absolute atomic E-state index is 12.5. The molecule has 0 radical (unpaired) electrons. The van der Waals surface area contributed by atoms with Gasteiger partial charge in [-0.3, -0.25) is 0 Å². The molecule has 0 aromatic rings. The fourth-order valence-electron chi connectivity index (χ4n) is 2.70. The van der Waals surface area contributed by atoms with Gasteiger partial charge in [0.05, 0.1) is 0 Å². The third kappa shape index (κ3) is 4.10. The number of nitrogens with zero attached hydrogens (tertiary/aromatic N) is 1. The van der Waals surface area contributed by atoms with E-state index in [1.54, 1.807) is 16.1 Å². The van der Waals surface area contributed by atoms with E-state index in [1.807, 2.05) is 0 Å². The minimum atomic E-state index is -3.34. The largest absolute Gasteiger partial charge is 0.315 e. The minimum absolute atomic E-state index is 0.102. The van der Waals surface area contributed by atoms with Crippen LogP contribution in [-0.2, 0) is 10.2 Å². The number of piperidine rings is 1. The van der Waals surface area contributed by atoms with Crippen molar-refractivity contribution in [3.63, 3.8) is 0 Å². The molecular weight excluding hydrogens is 294 g/mol. The first-order valence-corrected chi connectivity index (χ1v) is 10.2. The van der Waals surface area contributed by atoms with E-state index in [-0.39, 0.29) is 10.8 Å². The van der Waals surface area contributed by atoms with E-state index in [2.05, 4.69) is 23.2 Å². The van der Waals surface area contributed by atoms with Gasteiger partial charge in [-0.2, -0.15) is 24.5 Å². The molecule has 2 aliphatic rings. The summed E-state index contributed by atoms with van der Waals surface area (Å²) >= 11 is 1.78. The van der Waals surface area contributed by atoms with Gasteiger partial charge in [0, 0.05) is 30.4 Å². The fourth-order valence-corrected chi connectivity index (χ4v) is 5.09. The molecule has 0 aromatic carbocycles. The average molecular weight is 322 g/mol. The summed E-state index contributed by atoms with van der Waals surface area (Å²) in [5.74, 6) is 0. The molecule has 118 valence electrons. The molecule has 20 heavy (non-hydrogen) atoms. The van der Waals surface area contributed by atoms with Gasteiger partial charge in [-0.15, -0.1) is 0 Å². The summed E-state index contributed by atoms with van der Waals surface area (Å²) in [4.78, 5) is 0. The third-order valence-corrected chi connectivity index (χ3v) is 7.36. The summed E-state index contributed by atoms with van der Waals surface area (Å²) in [7, 11) is -3.34. The van der Waals surface area contributed by atoms with Crippen LogP contribution < -0.4 is 10.0 Å². The summed E-state index contributed by atoms with van der Waals surface area (Å²) in [6.07, 6.45) is 7.36. The smallest absolute Gasteiger partial charge is 0.279 e. The second kappa shape index (κ2) is 6.96. The zero-order chi connectivity index (χ0) is 14.6. The maximum Gasteiger partial charge on any atom is 0.279 e. The van der Waals surface area contributed by atoms with Crippen LogP contribution in [0.3, 0.4) is 0 Å². The molecule has 1 atom stereocenters. The van der Waals surface area contributed by atoms with Gasteiger partial charge in [-0.1, -0.05) is 13.3 Å². The Kier molecular flexibility index (Phi) is 5.76. The second-order valence-electron chi connectivity index (χ2n) is 5.78. The van der Waals surface area contributed by atoms with Gasteiger partial charge in [0.2, 0.25) is 0 Å². The Morgan fingerprint density at radius 1 is 1.35 bits per heavy atom. The second-order valence-corrected chi connectivity index (χ2v) is 8.76. The van der Waals surface area contributed by atoms with E-state index in [4.69, 9.17) is 0 Å². The molecule has 2 fully saturated rings. The Bertz CT molecular complexity index is 410. The highest BCUT2D eigenvalue weighted by atomic mass is 32.2. The van der Waals surface area contributed by atoms with Crippen LogP contribution in [-0.4, -0.2) is 55.9 Å². The van der Waals surface area contributed by atoms with E-state index in [1.165, 1.54) is 0 Å². The zero-order valence-corrected chi connectivity index (χ0v) is 14.2. The summed E-state index contributed by atoms with van der Waals surface area (Å²) < 4.78 is 29.7. The quantitative estimate of drug-likeness (QED) is 0.705. The molecule has 1 unspecified atom stereocenters.